The van der Waals surface area contributed by atoms with Crippen LogP contribution in [0.15, 0.2) is 12.3 Å². The normalized spacial score (nSPS) is 10.8. The van der Waals surface area contributed by atoms with Crippen LogP contribution in [0, 0.1) is 19.8 Å². The molecular formula is C16H28ClN5. The summed E-state index contributed by atoms with van der Waals surface area (Å²) in [6.45, 7) is 13.4. The molecule has 0 saturated heterocycles. The third-order valence-electron chi connectivity index (χ3n) is 3.38. The zero-order valence-corrected chi connectivity index (χ0v) is 15.1. The standard InChI is InChI=1S/C16H27N5.ClH/c1-6-7-21-15(8-13(4)18-21)9-17-16-11-20(10-12(2)3)19-14(16)5;/h8,11-12,17H,6-7,9-10H2,1-5H3;1H. The van der Waals surface area contributed by atoms with Crippen LogP contribution in [0.4, 0.5) is 5.69 Å². The van der Waals surface area contributed by atoms with Crippen LogP contribution in [-0.2, 0) is 19.6 Å². The van der Waals surface area contributed by atoms with Gasteiger partial charge in [-0.15, -0.1) is 12.4 Å². The van der Waals surface area contributed by atoms with Crippen LogP contribution in [0.5, 0.6) is 0 Å². The third kappa shape index (κ3) is 4.77. The Kier molecular flexibility index (Phi) is 6.94. The number of aryl methyl sites for hydroxylation is 3. The molecule has 0 bridgehead atoms. The van der Waals surface area contributed by atoms with Crippen LogP contribution in [0.3, 0.4) is 0 Å². The van der Waals surface area contributed by atoms with Gasteiger partial charge in [0.25, 0.3) is 0 Å². The van der Waals surface area contributed by atoms with Crippen LogP contribution in [0.25, 0.3) is 0 Å². The summed E-state index contributed by atoms with van der Waals surface area (Å²) in [5.41, 5.74) is 4.46. The average Bonchev–Trinajstić information content (AvgIpc) is 2.90. The molecule has 2 rings (SSSR count). The van der Waals surface area contributed by atoms with E-state index in [2.05, 4.69) is 53.2 Å². The van der Waals surface area contributed by atoms with E-state index in [-0.39, 0.29) is 12.4 Å². The minimum atomic E-state index is 0. The van der Waals surface area contributed by atoms with E-state index in [4.69, 9.17) is 0 Å². The maximum absolute atomic E-state index is 4.56. The number of nitrogens with one attached hydrogen (secondary N) is 1. The second-order valence-corrected chi connectivity index (χ2v) is 6.10. The highest BCUT2D eigenvalue weighted by atomic mass is 35.5. The van der Waals surface area contributed by atoms with Crippen molar-refractivity contribution in [3.8, 4) is 0 Å². The Morgan fingerprint density at radius 1 is 1.23 bits per heavy atom. The molecular weight excluding hydrogens is 298 g/mol. The fraction of sp³-hybridized carbons (Fsp3) is 0.625. The number of nitrogens with zero attached hydrogens (tertiary/aromatic N) is 4. The molecule has 0 unspecified atom stereocenters. The molecule has 0 atom stereocenters. The highest BCUT2D eigenvalue weighted by Crippen LogP contribution is 2.15. The van der Waals surface area contributed by atoms with Gasteiger partial charge in [0.2, 0.25) is 0 Å². The van der Waals surface area contributed by atoms with Crippen molar-refractivity contribution in [3.63, 3.8) is 0 Å². The largest absolute Gasteiger partial charge is 0.377 e. The van der Waals surface area contributed by atoms with Crippen molar-refractivity contribution >= 4 is 18.1 Å². The van der Waals surface area contributed by atoms with Crippen molar-refractivity contribution in [1.29, 1.82) is 0 Å². The topological polar surface area (TPSA) is 47.7 Å². The van der Waals surface area contributed by atoms with Gasteiger partial charge in [-0.2, -0.15) is 10.2 Å². The van der Waals surface area contributed by atoms with E-state index in [1.165, 1.54) is 5.69 Å². The van der Waals surface area contributed by atoms with E-state index in [1.54, 1.807) is 0 Å². The Balaban J connectivity index is 0.00000242. The smallest absolute Gasteiger partial charge is 0.0825 e. The molecule has 124 valence electrons. The molecule has 22 heavy (non-hydrogen) atoms. The van der Waals surface area contributed by atoms with Gasteiger partial charge in [0, 0.05) is 19.3 Å². The predicted molar refractivity (Wildman–Crippen MR) is 93.6 cm³/mol. The maximum Gasteiger partial charge on any atom is 0.0825 e. The lowest BCUT2D eigenvalue weighted by molar-refractivity contribution is 0.481. The highest BCUT2D eigenvalue weighted by Gasteiger charge is 2.08. The second kappa shape index (κ2) is 8.22. The van der Waals surface area contributed by atoms with E-state index in [0.717, 1.165) is 43.1 Å². The fourth-order valence-corrected chi connectivity index (χ4v) is 2.49. The fourth-order valence-electron chi connectivity index (χ4n) is 2.49. The average molecular weight is 326 g/mol. The van der Waals surface area contributed by atoms with Gasteiger partial charge in [-0.25, -0.2) is 0 Å². The summed E-state index contributed by atoms with van der Waals surface area (Å²) in [4.78, 5) is 0. The Bertz CT molecular complexity index is 585. The van der Waals surface area contributed by atoms with Gasteiger partial charge < -0.3 is 5.32 Å². The summed E-state index contributed by atoms with van der Waals surface area (Å²) in [5, 5.41) is 12.6. The monoisotopic (exact) mass is 325 g/mol. The quantitative estimate of drug-likeness (QED) is 0.842. The molecule has 0 radical (unpaired) electrons. The molecule has 0 saturated carbocycles. The predicted octanol–water partition coefficient (Wildman–Crippen LogP) is 3.80. The number of aromatic nitrogens is 4. The zero-order valence-electron chi connectivity index (χ0n) is 14.3. The SMILES string of the molecule is CCCn1nc(C)cc1CNc1cn(CC(C)C)nc1C.Cl. The maximum atomic E-state index is 4.56. The molecule has 1 N–H and O–H groups in total. The molecule has 0 aliphatic heterocycles. The molecule has 0 spiro atoms. The van der Waals surface area contributed by atoms with Gasteiger partial charge in [0.15, 0.2) is 0 Å². The number of rotatable bonds is 7. The van der Waals surface area contributed by atoms with Crippen LogP contribution >= 0.6 is 12.4 Å². The molecule has 0 aromatic carbocycles. The summed E-state index contributed by atoms with van der Waals surface area (Å²) >= 11 is 0. The number of hydrogen-bond donors (Lipinski definition) is 1. The van der Waals surface area contributed by atoms with E-state index < -0.39 is 0 Å². The van der Waals surface area contributed by atoms with Crippen LogP contribution in [0.1, 0.15) is 44.3 Å². The van der Waals surface area contributed by atoms with Gasteiger partial charge in [0.1, 0.15) is 0 Å². The first-order chi connectivity index (χ1) is 9.99. The summed E-state index contributed by atoms with van der Waals surface area (Å²) in [6, 6.07) is 2.15. The minimum absolute atomic E-state index is 0. The first kappa shape index (κ1) is 18.6. The third-order valence-corrected chi connectivity index (χ3v) is 3.38. The van der Waals surface area contributed by atoms with Gasteiger partial charge in [-0.3, -0.25) is 9.36 Å². The highest BCUT2D eigenvalue weighted by molar-refractivity contribution is 5.85. The zero-order chi connectivity index (χ0) is 15.4. The first-order valence-electron chi connectivity index (χ1n) is 7.80. The molecule has 6 heteroatoms. The van der Waals surface area contributed by atoms with Crippen LogP contribution in [0.2, 0.25) is 0 Å². The van der Waals surface area contributed by atoms with E-state index in [9.17, 15) is 0 Å². The Morgan fingerprint density at radius 3 is 2.59 bits per heavy atom. The van der Waals surface area contributed by atoms with Crippen molar-refractivity contribution in [2.45, 2.75) is 60.7 Å². The molecule has 2 aromatic rings. The van der Waals surface area contributed by atoms with Gasteiger partial charge in [-0.1, -0.05) is 20.8 Å². The first-order valence-corrected chi connectivity index (χ1v) is 7.80. The summed E-state index contributed by atoms with van der Waals surface area (Å²) in [7, 11) is 0. The molecule has 2 heterocycles. The molecule has 5 nitrogen and oxygen atoms in total. The summed E-state index contributed by atoms with van der Waals surface area (Å²) < 4.78 is 4.12. The Morgan fingerprint density at radius 2 is 1.95 bits per heavy atom. The van der Waals surface area contributed by atoms with Crippen molar-refractivity contribution in [1.82, 2.24) is 19.6 Å². The lowest BCUT2D eigenvalue weighted by Crippen LogP contribution is -2.09. The van der Waals surface area contributed by atoms with Gasteiger partial charge >= 0.3 is 0 Å². The van der Waals surface area contributed by atoms with Gasteiger partial charge in [0.05, 0.1) is 29.3 Å². The van der Waals surface area contributed by atoms with E-state index in [0.29, 0.717) is 5.92 Å². The van der Waals surface area contributed by atoms with Crippen molar-refractivity contribution < 1.29 is 0 Å². The molecule has 0 aliphatic carbocycles. The molecule has 0 fully saturated rings. The molecule has 0 aliphatic rings. The lowest BCUT2D eigenvalue weighted by atomic mass is 10.2. The number of anilines is 1. The molecule has 2 aromatic heterocycles. The minimum Gasteiger partial charge on any atom is -0.377 e. The van der Waals surface area contributed by atoms with Crippen LogP contribution < -0.4 is 5.32 Å². The molecule has 0 amide bonds. The Labute approximate surface area is 139 Å². The van der Waals surface area contributed by atoms with Crippen LogP contribution in [-0.4, -0.2) is 19.6 Å². The second-order valence-electron chi connectivity index (χ2n) is 6.10. The Hall–Kier alpha value is -1.49. The lowest BCUT2D eigenvalue weighted by Gasteiger charge is -2.08. The number of hydrogen-bond acceptors (Lipinski definition) is 3. The number of halogens is 1. The van der Waals surface area contributed by atoms with E-state index in [1.807, 2.05) is 18.5 Å². The van der Waals surface area contributed by atoms with E-state index >= 15 is 0 Å². The van der Waals surface area contributed by atoms with Crippen molar-refractivity contribution in [2.24, 2.45) is 5.92 Å². The summed E-state index contributed by atoms with van der Waals surface area (Å²) in [6.07, 6.45) is 3.20. The van der Waals surface area contributed by atoms with Crippen molar-refractivity contribution in [2.75, 3.05) is 5.32 Å². The van der Waals surface area contributed by atoms with Gasteiger partial charge in [-0.05, 0) is 32.3 Å². The van der Waals surface area contributed by atoms with Crippen molar-refractivity contribution in [3.05, 3.63) is 29.3 Å². The summed E-state index contributed by atoms with van der Waals surface area (Å²) in [5.74, 6) is 0.603.